The lowest BCUT2D eigenvalue weighted by molar-refractivity contribution is -0.138. The number of halogens is 4. The zero-order chi connectivity index (χ0) is 12.5. The monoisotopic (exact) mass is 293 g/mol. The Morgan fingerprint density at radius 3 is 2.38 bits per heavy atom. The molecule has 0 atom stereocenters. The molecule has 1 aromatic rings. The van der Waals surface area contributed by atoms with Crippen LogP contribution in [0, 0.1) is 11.3 Å². The average Bonchev–Trinajstić information content (AvgIpc) is 2.15. The van der Waals surface area contributed by atoms with Crippen LogP contribution in [-0.2, 0) is 6.18 Å². The number of hydrogen-bond donors (Lipinski definition) is 1. The Labute approximate surface area is 96.2 Å². The molecule has 1 N–H and O–H groups in total. The fourth-order valence-corrected chi connectivity index (χ4v) is 1.67. The van der Waals surface area contributed by atoms with Crippen LogP contribution >= 0.6 is 15.9 Å². The molecule has 0 fully saturated rings. The highest BCUT2D eigenvalue weighted by atomic mass is 79.9. The Bertz CT molecular complexity index is 491. The van der Waals surface area contributed by atoms with E-state index in [-0.39, 0.29) is 5.56 Å². The van der Waals surface area contributed by atoms with Crippen LogP contribution in [0.2, 0.25) is 0 Å². The van der Waals surface area contributed by atoms with Gasteiger partial charge in [-0.05, 0) is 28.1 Å². The van der Waals surface area contributed by atoms with Crippen molar-refractivity contribution < 1.29 is 23.1 Å². The molecule has 0 saturated carbocycles. The molecule has 0 aromatic heterocycles. The van der Waals surface area contributed by atoms with Gasteiger partial charge in [-0.25, -0.2) is 4.79 Å². The van der Waals surface area contributed by atoms with E-state index in [4.69, 9.17) is 10.4 Å². The molecule has 1 rings (SSSR count). The van der Waals surface area contributed by atoms with Gasteiger partial charge in [0, 0.05) is 4.47 Å². The zero-order valence-electron chi connectivity index (χ0n) is 7.47. The Morgan fingerprint density at radius 1 is 1.44 bits per heavy atom. The van der Waals surface area contributed by atoms with Crippen LogP contribution in [0.25, 0.3) is 0 Å². The van der Waals surface area contributed by atoms with Crippen LogP contribution in [0.4, 0.5) is 13.2 Å². The first-order valence-electron chi connectivity index (χ1n) is 3.81. The van der Waals surface area contributed by atoms with E-state index in [0.29, 0.717) is 6.07 Å². The van der Waals surface area contributed by atoms with Crippen LogP contribution in [0.5, 0.6) is 0 Å². The normalized spacial score (nSPS) is 10.9. The zero-order valence-corrected chi connectivity index (χ0v) is 9.06. The molecule has 7 heteroatoms. The number of nitriles is 1. The summed E-state index contributed by atoms with van der Waals surface area (Å²) in [5, 5.41) is 17.2. The maximum Gasteiger partial charge on any atom is 0.417 e. The predicted molar refractivity (Wildman–Crippen MR) is 50.8 cm³/mol. The SMILES string of the molecule is N#Cc1cc(C(=O)O)c(Br)c(C(F)(F)F)c1. The molecule has 0 heterocycles. The maximum atomic E-state index is 12.5. The van der Waals surface area contributed by atoms with Crippen LogP contribution in [0.15, 0.2) is 16.6 Å². The van der Waals surface area contributed by atoms with E-state index in [2.05, 4.69) is 15.9 Å². The summed E-state index contributed by atoms with van der Waals surface area (Å²) in [4.78, 5) is 10.7. The predicted octanol–water partition coefficient (Wildman–Crippen LogP) is 3.04. The Hall–Kier alpha value is -1.55. The van der Waals surface area contributed by atoms with Crippen molar-refractivity contribution in [1.82, 2.24) is 0 Å². The largest absolute Gasteiger partial charge is 0.478 e. The van der Waals surface area contributed by atoms with Crippen molar-refractivity contribution in [3.63, 3.8) is 0 Å². The standard InChI is InChI=1S/C9H3BrF3NO2/c10-7-5(8(15)16)1-4(3-14)2-6(7)9(11,12)13/h1-2H,(H,15,16). The number of hydrogen-bond acceptors (Lipinski definition) is 2. The molecule has 0 aliphatic heterocycles. The number of benzene rings is 1. The highest BCUT2D eigenvalue weighted by Gasteiger charge is 2.35. The molecule has 1 aromatic carbocycles. The van der Waals surface area contributed by atoms with Crippen LogP contribution in [0.3, 0.4) is 0 Å². The van der Waals surface area contributed by atoms with Gasteiger partial charge in [0.05, 0.1) is 22.8 Å². The highest BCUT2D eigenvalue weighted by Crippen LogP contribution is 2.37. The van der Waals surface area contributed by atoms with Gasteiger partial charge in [0.1, 0.15) is 0 Å². The number of carboxylic acid groups (broad SMARTS) is 1. The third-order valence-corrected chi connectivity index (χ3v) is 2.59. The molecule has 0 saturated heterocycles. The van der Waals surface area contributed by atoms with Crippen molar-refractivity contribution in [2.24, 2.45) is 0 Å². The van der Waals surface area contributed by atoms with Crippen molar-refractivity contribution in [3.8, 4) is 6.07 Å². The molecule has 0 aliphatic carbocycles. The minimum absolute atomic E-state index is 0.354. The first-order valence-corrected chi connectivity index (χ1v) is 4.60. The number of nitrogens with zero attached hydrogens (tertiary/aromatic N) is 1. The molecular weight excluding hydrogens is 291 g/mol. The van der Waals surface area contributed by atoms with Crippen molar-refractivity contribution in [2.45, 2.75) is 6.18 Å². The van der Waals surface area contributed by atoms with E-state index in [1.165, 1.54) is 6.07 Å². The van der Waals surface area contributed by atoms with Crippen LogP contribution in [-0.4, -0.2) is 11.1 Å². The van der Waals surface area contributed by atoms with E-state index in [9.17, 15) is 18.0 Å². The second kappa shape index (κ2) is 4.14. The van der Waals surface area contributed by atoms with Gasteiger partial charge in [-0.2, -0.15) is 18.4 Å². The Morgan fingerprint density at radius 2 is 2.00 bits per heavy atom. The Balaban J connectivity index is 3.58. The van der Waals surface area contributed by atoms with Crippen molar-refractivity contribution in [2.75, 3.05) is 0 Å². The fourth-order valence-electron chi connectivity index (χ4n) is 1.05. The second-order valence-electron chi connectivity index (χ2n) is 2.80. The van der Waals surface area contributed by atoms with Crippen molar-refractivity contribution >= 4 is 21.9 Å². The molecule has 0 aliphatic rings. The third kappa shape index (κ3) is 2.33. The summed E-state index contributed by atoms with van der Waals surface area (Å²) in [6.07, 6.45) is -4.71. The minimum Gasteiger partial charge on any atom is -0.478 e. The molecule has 16 heavy (non-hydrogen) atoms. The molecule has 0 unspecified atom stereocenters. The topological polar surface area (TPSA) is 61.1 Å². The van der Waals surface area contributed by atoms with Crippen molar-refractivity contribution in [1.29, 1.82) is 5.26 Å². The van der Waals surface area contributed by atoms with Crippen LogP contribution in [0.1, 0.15) is 21.5 Å². The van der Waals surface area contributed by atoms with Gasteiger partial charge in [-0.15, -0.1) is 0 Å². The van der Waals surface area contributed by atoms with E-state index in [1.54, 1.807) is 0 Å². The van der Waals surface area contributed by atoms with Gasteiger partial charge in [0.2, 0.25) is 0 Å². The van der Waals surface area contributed by atoms with Gasteiger partial charge < -0.3 is 5.11 Å². The number of rotatable bonds is 1. The first kappa shape index (κ1) is 12.5. The Kier molecular flexibility index (Phi) is 3.24. The summed E-state index contributed by atoms with van der Waals surface area (Å²) in [5.41, 5.74) is -2.12. The maximum absolute atomic E-state index is 12.5. The summed E-state index contributed by atoms with van der Waals surface area (Å²) in [6.45, 7) is 0. The molecule has 0 amide bonds. The van der Waals surface area contributed by atoms with Gasteiger partial charge in [-0.1, -0.05) is 0 Å². The van der Waals surface area contributed by atoms with Gasteiger partial charge in [0.25, 0.3) is 0 Å². The minimum atomic E-state index is -4.71. The third-order valence-electron chi connectivity index (χ3n) is 1.74. The lowest BCUT2D eigenvalue weighted by Crippen LogP contribution is -2.10. The van der Waals surface area contributed by atoms with Gasteiger partial charge >= 0.3 is 12.1 Å². The summed E-state index contributed by atoms with van der Waals surface area (Å²) in [5.74, 6) is -1.53. The number of carboxylic acids is 1. The van der Waals surface area contributed by atoms with E-state index in [0.717, 1.165) is 6.07 Å². The highest BCUT2D eigenvalue weighted by molar-refractivity contribution is 9.10. The molecule has 84 valence electrons. The molecule has 0 spiro atoms. The molecular formula is C9H3BrF3NO2. The lowest BCUT2D eigenvalue weighted by atomic mass is 10.1. The van der Waals surface area contributed by atoms with Crippen molar-refractivity contribution in [3.05, 3.63) is 33.3 Å². The van der Waals surface area contributed by atoms with Crippen LogP contribution < -0.4 is 0 Å². The summed E-state index contributed by atoms with van der Waals surface area (Å²) in [7, 11) is 0. The quantitative estimate of drug-likeness (QED) is 0.866. The molecule has 0 bridgehead atoms. The van der Waals surface area contributed by atoms with Gasteiger partial charge in [0.15, 0.2) is 0 Å². The van der Waals surface area contributed by atoms with E-state index >= 15 is 0 Å². The van der Waals surface area contributed by atoms with E-state index in [1.807, 2.05) is 0 Å². The number of alkyl halides is 3. The number of aromatic carboxylic acids is 1. The smallest absolute Gasteiger partial charge is 0.417 e. The van der Waals surface area contributed by atoms with E-state index < -0.39 is 27.7 Å². The summed E-state index contributed by atoms with van der Waals surface area (Å²) in [6, 6.07) is 2.95. The average molecular weight is 294 g/mol. The molecule has 0 radical (unpaired) electrons. The van der Waals surface area contributed by atoms with Gasteiger partial charge in [-0.3, -0.25) is 0 Å². The fraction of sp³-hybridized carbons (Fsp3) is 0.111. The summed E-state index contributed by atoms with van der Waals surface area (Å²) < 4.78 is 36.9. The number of carbonyl (C=O) groups is 1. The molecule has 3 nitrogen and oxygen atoms in total. The second-order valence-corrected chi connectivity index (χ2v) is 3.59. The first-order chi connectivity index (χ1) is 7.27. The summed E-state index contributed by atoms with van der Waals surface area (Å²) >= 11 is 2.57. The lowest BCUT2D eigenvalue weighted by Gasteiger charge is -2.11.